The van der Waals surface area contributed by atoms with Gasteiger partial charge in [0.15, 0.2) is 9.84 Å². The van der Waals surface area contributed by atoms with Crippen LogP contribution in [0.5, 0.6) is 0 Å². The van der Waals surface area contributed by atoms with Crippen molar-refractivity contribution in [3.63, 3.8) is 0 Å². The van der Waals surface area contributed by atoms with E-state index in [4.69, 9.17) is 4.74 Å². The van der Waals surface area contributed by atoms with Gasteiger partial charge in [0.25, 0.3) is 0 Å². The summed E-state index contributed by atoms with van der Waals surface area (Å²) in [6.45, 7) is 1.49. The second-order valence-electron chi connectivity index (χ2n) is 4.77. The molecule has 0 saturated carbocycles. The molecule has 1 atom stereocenters. The summed E-state index contributed by atoms with van der Waals surface area (Å²) in [4.78, 5) is 0.247. The SMILES string of the molecule is COCCNCC1(O)CCS(=O)(=O)c2ccccc21. The Morgan fingerprint density at radius 3 is 2.89 bits per heavy atom. The molecule has 0 fully saturated rings. The van der Waals surface area contributed by atoms with Gasteiger partial charge >= 0.3 is 0 Å². The van der Waals surface area contributed by atoms with Crippen LogP contribution in [0.1, 0.15) is 12.0 Å². The van der Waals surface area contributed by atoms with Gasteiger partial charge in [0, 0.05) is 25.8 Å². The zero-order chi connectivity index (χ0) is 13.9. The smallest absolute Gasteiger partial charge is 0.178 e. The standard InChI is InChI=1S/C13H19NO4S/c1-18-8-7-14-10-13(15)6-9-19(16,17)12-5-3-2-4-11(12)13/h2-5,14-15H,6-10H2,1H3. The molecular weight excluding hydrogens is 266 g/mol. The Morgan fingerprint density at radius 1 is 1.42 bits per heavy atom. The fraction of sp³-hybridized carbons (Fsp3) is 0.538. The monoisotopic (exact) mass is 285 g/mol. The third-order valence-electron chi connectivity index (χ3n) is 3.41. The lowest BCUT2D eigenvalue weighted by Gasteiger charge is -2.34. The minimum absolute atomic E-state index is 0.0214. The summed E-state index contributed by atoms with van der Waals surface area (Å²) in [6, 6.07) is 6.67. The van der Waals surface area contributed by atoms with Crippen LogP contribution in [0.3, 0.4) is 0 Å². The Kier molecular flexibility index (Phi) is 4.25. The van der Waals surface area contributed by atoms with Gasteiger partial charge in [-0.05, 0) is 12.5 Å². The molecule has 1 aromatic rings. The Labute approximate surface area is 113 Å². The van der Waals surface area contributed by atoms with Gasteiger partial charge in [-0.1, -0.05) is 18.2 Å². The molecule has 0 radical (unpaired) electrons. The normalized spacial score (nSPS) is 24.9. The van der Waals surface area contributed by atoms with Crippen LogP contribution in [-0.2, 0) is 20.2 Å². The number of ether oxygens (including phenoxy) is 1. The van der Waals surface area contributed by atoms with E-state index in [0.717, 1.165) is 0 Å². The highest BCUT2D eigenvalue weighted by Gasteiger charge is 2.39. The van der Waals surface area contributed by atoms with E-state index >= 15 is 0 Å². The first-order chi connectivity index (χ1) is 8.99. The molecule has 1 unspecified atom stereocenters. The van der Waals surface area contributed by atoms with Crippen molar-refractivity contribution in [1.29, 1.82) is 0 Å². The predicted molar refractivity (Wildman–Crippen MR) is 71.8 cm³/mol. The number of methoxy groups -OCH3 is 1. The predicted octanol–water partition coefficient (Wildman–Crippen LogP) is 0.288. The average Bonchev–Trinajstić information content (AvgIpc) is 2.41. The van der Waals surface area contributed by atoms with Crippen LogP contribution in [0.15, 0.2) is 29.2 Å². The van der Waals surface area contributed by atoms with E-state index in [-0.39, 0.29) is 17.1 Å². The quantitative estimate of drug-likeness (QED) is 0.760. The fourth-order valence-electron chi connectivity index (χ4n) is 2.32. The van der Waals surface area contributed by atoms with E-state index in [1.165, 1.54) is 0 Å². The largest absolute Gasteiger partial charge is 0.384 e. The number of hydrogen-bond donors (Lipinski definition) is 2. The molecule has 1 aliphatic heterocycles. The molecule has 5 nitrogen and oxygen atoms in total. The third-order valence-corrected chi connectivity index (χ3v) is 5.18. The minimum atomic E-state index is -3.26. The molecule has 19 heavy (non-hydrogen) atoms. The van der Waals surface area contributed by atoms with Gasteiger partial charge in [-0.2, -0.15) is 0 Å². The molecule has 1 heterocycles. The maximum atomic E-state index is 12.0. The molecule has 2 rings (SSSR count). The van der Waals surface area contributed by atoms with E-state index in [2.05, 4.69) is 5.32 Å². The molecule has 0 amide bonds. The number of benzene rings is 1. The molecule has 0 saturated heterocycles. The second-order valence-corrected chi connectivity index (χ2v) is 6.84. The summed E-state index contributed by atoms with van der Waals surface area (Å²) in [5.74, 6) is -0.0214. The van der Waals surface area contributed by atoms with Crippen molar-refractivity contribution >= 4 is 9.84 Å². The lowest BCUT2D eigenvalue weighted by atomic mass is 9.90. The highest BCUT2D eigenvalue weighted by atomic mass is 32.2. The zero-order valence-electron chi connectivity index (χ0n) is 10.9. The average molecular weight is 285 g/mol. The first kappa shape index (κ1) is 14.5. The van der Waals surface area contributed by atoms with E-state index < -0.39 is 15.4 Å². The molecule has 1 aromatic carbocycles. The molecule has 0 aromatic heterocycles. The lowest BCUT2D eigenvalue weighted by Crippen LogP contribution is -2.44. The van der Waals surface area contributed by atoms with Gasteiger partial charge in [-0.25, -0.2) is 8.42 Å². The number of hydrogen-bond acceptors (Lipinski definition) is 5. The lowest BCUT2D eigenvalue weighted by molar-refractivity contribution is 0.0269. The van der Waals surface area contributed by atoms with Crippen LogP contribution in [0, 0.1) is 0 Å². The number of aliphatic hydroxyl groups is 1. The summed E-state index contributed by atoms with van der Waals surface area (Å²) >= 11 is 0. The maximum Gasteiger partial charge on any atom is 0.178 e. The summed E-state index contributed by atoms with van der Waals surface area (Å²) in [5.41, 5.74) is -0.637. The zero-order valence-corrected chi connectivity index (χ0v) is 11.7. The van der Waals surface area contributed by atoms with E-state index in [0.29, 0.717) is 25.3 Å². The first-order valence-corrected chi connectivity index (χ1v) is 7.89. The third kappa shape index (κ3) is 2.97. The van der Waals surface area contributed by atoms with Crippen LogP contribution in [-0.4, -0.2) is 46.1 Å². The molecule has 0 spiro atoms. The first-order valence-electron chi connectivity index (χ1n) is 6.24. The highest BCUT2D eigenvalue weighted by Crippen LogP contribution is 2.36. The van der Waals surface area contributed by atoms with Crippen LogP contribution in [0.25, 0.3) is 0 Å². The molecule has 106 valence electrons. The van der Waals surface area contributed by atoms with E-state index in [1.807, 2.05) is 0 Å². The van der Waals surface area contributed by atoms with Crippen LogP contribution in [0.2, 0.25) is 0 Å². The van der Waals surface area contributed by atoms with Crippen molar-refractivity contribution in [2.75, 3.05) is 32.6 Å². The van der Waals surface area contributed by atoms with Gasteiger partial charge in [-0.15, -0.1) is 0 Å². The topological polar surface area (TPSA) is 75.6 Å². The molecule has 6 heteroatoms. The second kappa shape index (κ2) is 5.58. The summed E-state index contributed by atoms with van der Waals surface area (Å²) in [6.07, 6.45) is 0.215. The maximum absolute atomic E-state index is 12.0. The van der Waals surface area contributed by atoms with Crippen LogP contribution in [0.4, 0.5) is 0 Å². The Hall–Kier alpha value is -0.950. The Morgan fingerprint density at radius 2 is 2.16 bits per heavy atom. The van der Waals surface area contributed by atoms with Crippen molar-refractivity contribution in [3.8, 4) is 0 Å². The van der Waals surface area contributed by atoms with Crippen molar-refractivity contribution in [2.45, 2.75) is 16.9 Å². The van der Waals surface area contributed by atoms with Gasteiger partial charge in [0.05, 0.1) is 17.3 Å². The van der Waals surface area contributed by atoms with Gasteiger partial charge in [0.1, 0.15) is 5.60 Å². The number of fused-ring (bicyclic) bond motifs is 1. The number of rotatable bonds is 5. The molecule has 0 aliphatic carbocycles. The van der Waals surface area contributed by atoms with E-state index in [9.17, 15) is 13.5 Å². The van der Waals surface area contributed by atoms with Crippen LogP contribution < -0.4 is 5.32 Å². The number of sulfone groups is 1. The Bertz CT molecular complexity index is 543. The van der Waals surface area contributed by atoms with Gasteiger partial charge in [0.2, 0.25) is 0 Å². The van der Waals surface area contributed by atoms with E-state index in [1.54, 1.807) is 31.4 Å². The van der Waals surface area contributed by atoms with Crippen molar-refractivity contribution in [3.05, 3.63) is 29.8 Å². The summed E-state index contributed by atoms with van der Waals surface area (Å²) < 4.78 is 28.9. The molecule has 1 aliphatic rings. The van der Waals surface area contributed by atoms with Crippen molar-refractivity contribution in [2.24, 2.45) is 0 Å². The molecular formula is C13H19NO4S. The van der Waals surface area contributed by atoms with Gasteiger partial charge in [-0.3, -0.25) is 0 Å². The summed E-state index contributed by atoms with van der Waals surface area (Å²) in [7, 11) is -1.65. The van der Waals surface area contributed by atoms with Gasteiger partial charge < -0.3 is 15.2 Å². The fourth-order valence-corrected chi connectivity index (χ4v) is 4.03. The van der Waals surface area contributed by atoms with Crippen LogP contribution >= 0.6 is 0 Å². The van der Waals surface area contributed by atoms with Crippen molar-refractivity contribution in [1.82, 2.24) is 5.32 Å². The Balaban J connectivity index is 2.24. The summed E-state index contributed by atoms with van der Waals surface area (Å²) in [5, 5.41) is 13.8. The molecule has 2 N–H and O–H groups in total. The van der Waals surface area contributed by atoms with Crippen molar-refractivity contribution < 1.29 is 18.3 Å². The molecule has 0 bridgehead atoms. The minimum Gasteiger partial charge on any atom is -0.384 e. The highest BCUT2D eigenvalue weighted by molar-refractivity contribution is 7.91. The number of nitrogens with one attached hydrogen (secondary N) is 1.